The Morgan fingerprint density at radius 3 is 2.23 bits per heavy atom. The first-order valence-electron chi connectivity index (χ1n) is 14.0. The molecule has 12 heteroatoms. The van der Waals surface area contributed by atoms with Crippen molar-refractivity contribution in [2.24, 2.45) is 0 Å². The summed E-state index contributed by atoms with van der Waals surface area (Å²) < 4.78 is 74.6. The molecule has 0 radical (unpaired) electrons. The molecule has 8 nitrogen and oxygen atoms in total. The predicted molar refractivity (Wildman–Crippen MR) is 156 cm³/mol. The van der Waals surface area contributed by atoms with Crippen molar-refractivity contribution in [2.45, 2.75) is 49.5 Å². The van der Waals surface area contributed by atoms with Gasteiger partial charge in [-0.3, -0.25) is 4.79 Å². The van der Waals surface area contributed by atoms with Gasteiger partial charge < -0.3 is 24.8 Å². The van der Waals surface area contributed by atoms with Gasteiger partial charge in [0.1, 0.15) is 11.9 Å². The third kappa shape index (κ3) is 8.07. The van der Waals surface area contributed by atoms with Gasteiger partial charge in [0.2, 0.25) is 0 Å². The number of carbonyl (C=O) groups is 1. The summed E-state index contributed by atoms with van der Waals surface area (Å²) in [7, 11) is -3.37. The number of anilines is 1. The summed E-state index contributed by atoms with van der Waals surface area (Å²) in [5, 5.41) is 12.7. The fraction of sp³-hybridized carbons (Fsp3) is 0.387. The lowest BCUT2D eigenvalue weighted by atomic mass is 10.1. The number of aliphatic hydroxyl groups excluding tert-OH is 1. The van der Waals surface area contributed by atoms with Gasteiger partial charge in [0.15, 0.2) is 9.84 Å². The molecule has 3 atom stereocenters. The molecule has 2 N–H and O–H groups in total. The van der Waals surface area contributed by atoms with Gasteiger partial charge in [-0.1, -0.05) is 19.1 Å². The highest BCUT2D eigenvalue weighted by molar-refractivity contribution is 7.91. The maximum absolute atomic E-state index is 13.0. The Labute approximate surface area is 249 Å². The number of halogens is 3. The number of benzene rings is 3. The number of ether oxygens (including phenoxy) is 2. The first-order valence-corrected chi connectivity index (χ1v) is 15.6. The van der Waals surface area contributed by atoms with Crippen LogP contribution in [-0.2, 0) is 20.8 Å². The number of carbonyl (C=O) groups excluding carboxylic acids is 1. The second-order valence-electron chi connectivity index (χ2n) is 10.2. The number of amides is 1. The van der Waals surface area contributed by atoms with Crippen molar-refractivity contribution in [3.8, 4) is 5.75 Å². The average molecular weight is 621 g/mol. The maximum atomic E-state index is 13.0. The van der Waals surface area contributed by atoms with Crippen molar-refractivity contribution >= 4 is 21.4 Å². The van der Waals surface area contributed by atoms with E-state index in [0.29, 0.717) is 43.1 Å². The number of nitrogens with one attached hydrogen (secondary N) is 1. The Balaban J connectivity index is 1.42. The largest absolute Gasteiger partial charge is 0.489 e. The van der Waals surface area contributed by atoms with Crippen LogP contribution in [0.15, 0.2) is 77.7 Å². The quantitative estimate of drug-likeness (QED) is 0.293. The molecule has 4 rings (SSSR count). The summed E-state index contributed by atoms with van der Waals surface area (Å²) in [4.78, 5) is 15.3. The van der Waals surface area contributed by atoms with Crippen LogP contribution in [0, 0.1) is 0 Å². The molecular weight excluding hydrogens is 585 g/mol. The van der Waals surface area contributed by atoms with E-state index in [1.807, 2.05) is 6.92 Å². The Bertz CT molecular complexity index is 1460. The Hall–Kier alpha value is -3.61. The zero-order chi connectivity index (χ0) is 31.2. The summed E-state index contributed by atoms with van der Waals surface area (Å²) in [5.41, 5.74) is 1.02. The fourth-order valence-corrected chi connectivity index (χ4v) is 5.84. The third-order valence-corrected chi connectivity index (χ3v) is 9.10. The van der Waals surface area contributed by atoms with E-state index in [2.05, 4.69) is 10.2 Å². The minimum absolute atomic E-state index is 0.0286. The maximum Gasteiger partial charge on any atom is 0.416 e. The molecule has 1 fully saturated rings. The first kappa shape index (κ1) is 32.3. The van der Waals surface area contributed by atoms with E-state index in [9.17, 15) is 31.5 Å². The van der Waals surface area contributed by atoms with Gasteiger partial charge in [0, 0.05) is 24.3 Å². The summed E-state index contributed by atoms with van der Waals surface area (Å²) >= 11 is 0. The minimum atomic E-state index is -4.42. The van der Waals surface area contributed by atoms with Crippen LogP contribution in [-0.4, -0.2) is 63.7 Å². The van der Waals surface area contributed by atoms with E-state index >= 15 is 0 Å². The second-order valence-corrected chi connectivity index (χ2v) is 12.5. The van der Waals surface area contributed by atoms with Crippen LogP contribution < -0.4 is 15.0 Å². The molecule has 0 aromatic heterocycles. The van der Waals surface area contributed by atoms with Gasteiger partial charge in [-0.05, 0) is 73.2 Å². The van der Waals surface area contributed by atoms with Crippen LogP contribution in [0.25, 0.3) is 0 Å². The molecule has 1 heterocycles. The van der Waals surface area contributed by atoms with Crippen LogP contribution >= 0.6 is 0 Å². The number of nitrogens with zero attached hydrogens (tertiary/aromatic N) is 1. The normalized spacial score (nSPS) is 18.0. The molecule has 1 amide bonds. The highest BCUT2D eigenvalue weighted by atomic mass is 32.2. The summed E-state index contributed by atoms with van der Waals surface area (Å²) in [6.07, 6.45) is -4.10. The molecule has 3 aromatic rings. The summed E-state index contributed by atoms with van der Waals surface area (Å²) in [6.45, 7) is 4.50. The average Bonchev–Trinajstić information content (AvgIpc) is 3.40. The van der Waals surface area contributed by atoms with Gasteiger partial charge in [0.25, 0.3) is 5.91 Å². The zero-order valence-electron chi connectivity index (χ0n) is 23.9. The van der Waals surface area contributed by atoms with E-state index in [4.69, 9.17) is 9.47 Å². The first-order chi connectivity index (χ1) is 20.4. The van der Waals surface area contributed by atoms with Gasteiger partial charge in [-0.25, -0.2) is 8.42 Å². The van der Waals surface area contributed by atoms with Crippen LogP contribution in [0.2, 0.25) is 0 Å². The van der Waals surface area contributed by atoms with Crippen LogP contribution in [0.1, 0.15) is 47.8 Å². The molecule has 1 aliphatic rings. The van der Waals surface area contributed by atoms with E-state index in [1.54, 1.807) is 43.3 Å². The van der Waals surface area contributed by atoms with Crippen molar-refractivity contribution < 1.29 is 41.0 Å². The second kappa shape index (κ2) is 13.8. The van der Waals surface area contributed by atoms with Crippen molar-refractivity contribution in [3.63, 3.8) is 0 Å². The number of aliphatic hydroxyl groups is 1. The molecular formula is C31H35F3N2O6S. The lowest BCUT2D eigenvalue weighted by Crippen LogP contribution is -2.34. The molecule has 0 spiro atoms. The summed E-state index contributed by atoms with van der Waals surface area (Å²) in [5.74, 6) is -0.0900. The smallest absolute Gasteiger partial charge is 0.416 e. The SMILES string of the molecule is CCOC[C@@H]1C[C@H](Oc2ccc(C(F)(F)F)cc2)CN1c1ccc(C(=O)N[C@@H](CO)c2ccc(S(=O)(=O)CC)cc2)cc1. The highest BCUT2D eigenvalue weighted by Gasteiger charge is 2.34. The highest BCUT2D eigenvalue weighted by Crippen LogP contribution is 2.32. The molecule has 0 bridgehead atoms. The molecule has 3 aromatic carbocycles. The predicted octanol–water partition coefficient (Wildman–Crippen LogP) is 5.03. The molecule has 0 saturated carbocycles. The van der Waals surface area contributed by atoms with Gasteiger partial charge >= 0.3 is 6.18 Å². The van der Waals surface area contributed by atoms with E-state index < -0.39 is 33.5 Å². The van der Waals surface area contributed by atoms with Crippen LogP contribution in [0.4, 0.5) is 18.9 Å². The molecule has 1 aliphatic heterocycles. The van der Waals surface area contributed by atoms with E-state index in [1.165, 1.54) is 24.3 Å². The van der Waals surface area contributed by atoms with Gasteiger partial charge in [-0.15, -0.1) is 0 Å². The number of hydrogen-bond acceptors (Lipinski definition) is 7. The van der Waals surface area contributed by atoms with Crippen LogP contribution in [0.5, 0.6) is 5.75 Å². The minimum Gasteiger partial charge on any atom is -0.489 e. The fourth-order valence-electron chi connectivity index (χ4n) is 4.96. The third-order valence-electron chi connectivity index (χ3n) is 7.35. The van der Waals surface area contributed by atoms with Crippen molar-refractivity contribution in [1.82, 2.24) is 5.32 Å². The van der Waals surface area contributed by atoms with E-state index in [0.717, 1.165) is 17.8 Å². The topological polar surface area (TPSA) is 105 Å². The van der Waals surface area contributed by atoms with Crippen LogP contribution in [0.3, 0.4) is 0 Å². The molecule has 0 aliphatic carbocycles. The van der Waals surface area contributed by atoms with Crippen molar-refractivity contribution in [3.05, 3.63) is 89.5 Å². The van der Waals surface area contributed by atoms with Crippen molar-refractivity contribution in [2.75, 3.05) is 37.0 Å². The molecule has 43 heavy (non-hydrogen) atoms. The monoisotopic (exact) mass is 620 g/mol. The summed E-state index contributed by atoms with van der Waals surface area (Å²) in [6, 6.07) is 16.8. The molecule has 1 saturated heterocycles. The standard InChI is InChI=1S/C31H35F3N2O6S/c1-3-41-20-25-17-27(42-26-13-9-23(10-14-26)31(32,33)34)18-36(25)24-11-5-22(6-12-24)30(38)35-29(19-37)21-7-15-28(16-8-21)43(39,40)4-2/h5-16,25,27,29,37H,3-4,17-20H2,1-2H3,(H,35,38)/t25-,27-,29-/m0/s1. The van der Waals surface area contributed by atoms with E-state index in [-0.39, 0.29) is 29.4 Å². The molecule has 232 valence electrons. The Morgan fingerprint density at radius 2 is 1.67 bits per heavy atom. The Morgan fingerprint density at radius 1 is 1.02 bits per heavy atom. The number of alkyl halides is 3. The lowest BCUT2D eigenvalue weighted by molar-refractivity contribution is -0.137. The zero-order valence-corrected chi connectivity index (χ0v) is 24.7. The van der Waals surface area contributed by atoms with Crippen molar-refractivity contribution in [1.29, 1.82) is 0 Å². The van der Waals surface area contributed by atoms with Gasteiger partial charge in [0.05, 0.1) is 48.1 Å². The Kier molecular flexibility index (Phi) is 10.4. The number of hydrogen-bond donors (Lipinski definition) is 2. The lowest BCUT2D eigenvalue weighted by Gasteiger charge is -2.26. The number of sulfone groups is 1. The van der Waals surface area contributed by atoms with Gasteiger partial charge in [-0.2, -0.15) is 13.2 Å². The number of rotatable bonds is 12. The molecule has 0 unspecified atom stereocenters.